The standard InChI is InChI=1S/C12H14FN3O2/c13-9-3-1-2-4-10(9)16-12(18)15-8-5-6-11(17)14-7-8/h1-4,8H,5-7H2,(H,14,17)(H2,15,16,18). The highest BCUT2D eigenvalue weighted by Crippen LogP contribution is 2.12. The maximum Gasteiger partial charge on any atom is 0.319 e. The lowest BCUT2D eigenvalue weighted by molar-refractivity contribution is -0.122. The number of rotatable bonds is 2. The quantitative estimate of drug-likeness (QED) is 0.739. The Labute approximate surface area is 104 Å². The van der Waals surface area contributed by atoms with Crippen LogP contribution in [0.1, 0.15) is 12.8 Å². The van der Waals surface area contributed by atoms with Gasteiger partial charge in [0.1, 0.15) is 5.82 Å². The molecule has 1 heterocycles. The van der Waals surface area contributed by atoms with E-state index in [0.29, 0.717) is 19.4 Å². The number of hydrogen-bond acceptors (Lipinski definition) is 2. The first-order valence-electron chi connectivity index (χ1n) is 5.74. The van der Waals surface area contributed by atoms with Crippen molar-refractivity contribution >= 4 is 17.6 Å². The topological polar surface area (TPSA) is 70.2 Å². The second-order valence-electron chi connectivity index (χ2n) is 4.12. The molecule has 1 atom stereocenters. The van der Waals surface area contributed by atoms with Crippen LogP contribution in [0.3, 0.4) is 0 Å². The van der Waals surface area contributed by atoms with Gasteiger partial charge in [-0.1, -0.05) is 12.1 Å². The Morgan fingerprint density at radius 1 is 1.39 bits per heavy atom. The first-order chi connectivity index (χ1) is 8.65. The Bertz CT molecular complexity index is 454. The van der Waals surface area contributed by atoms with Gasteiger partial charge in [-0.3, -0.25) is 4.79 Å². The Morgan fingerprint density at radius 2 is 2.17 bits per heavy atom. The first-order valence-corrected chi connectivity index (χ1v) is 5.74. The molecule has 1 aliphatic heterocycles. The van der Waals surface area contributed by atoms with Crippen LogP contribution in [0.15, 0.2) is 24.3 Å². The molecule has 96 valence electrons. The van der Waals surface area contributed by atoms with Crippen LogP contribution in [0.2, 0.25) is 0 Å². The number of amides is 3. The molecule has 0 saturated carbocycles. The molecule has 0 spiro atoms. The zero-order valence-electron chi connectivity index (χ0n) is 9.70. The van der Waals surface area contributed by atoms with Gasteiger partial charge in [0.05, 0.1) is 5.69 Å². The Morgan fingerprint density at radius 3 is 2.83 bits per heavy atom. The molecule has 18 heavy (non-hydrogen) atoms. The van der Waals surface area contributed by atoms with Crippen molar-refractivity contribution in [3.8, 4) is 0 Å². The molecule has 1 aromatic rings. The van der Waals surface area contributed by atoms with Gasteiger partial charge in [0.25, 0.3) is 0 Å². The summed E-state index contributed by atoms with van der Waals surface area (Å²) in [4.78, 5) is 22.6. The van der Waals surface area contributed by atoms with Gasteiger partial charge in [0.15, 0.2) is 0 Å². The Hall–Kier alpha value is -2.11. The van der Waals surface area contributed by atoms with Crippen molar-refractivity contribution < 1.29 is 14.0 Å². The van der Waals surface area contributed by atoms with Crippen LogP contribution in [0.5, 0.6) is 0 Å². The fraction of sp³-hybridized carbons (Fsp3) is 0.333. The SMILES string of the molecule is O=C1CCC(NC(=O)Nc2ccccc2F)CN1. The van der Waals surface area contributed by atoms with Crippen LogP contribution in [0, 0.1) is 5.82 Å². The minimum absolute atomic E-state index is 0.0115. The summed E-state index contributed by atoms with van der Waals surface area (Å²) in [5.41, 5.74) is 0.134. The van der Waals surface area contributed by atoms with E-state index >= 15 is 0 Å². The Kier molecular flexibility index (Phi) is 3.76. The van der Waals surface area contributed by atoms with Crippen LogP contribution in [0.25, 0.3) is 0 Å². The summed E-state index contributed by atoms with van der Waals surface area (Å²) in [7, 11) is 0. The molecule has 0 radical (unpaired) electrons. The zero-order valence-corrected chi connectivity index (χ0v) is 9.70. The number of anilines is 1. The highest BCUT2D eigenvalue weighted by atomic mass is 19.1. The molecule has 1 aromatic carbocycles. The Balaban J connectivity index is 1.86. The van der Waals surface area contributed by atoms with Gasteiger partial charge < -0.3 is 16.0 Å². The van der Waals surface area contributed by atoms with E-state index in [4.69, 9.17) is 0 Å². The van der Waals surface area contributed by atoms with Gasteiger partial charge in [0, 0.05) is 19.0 Å². The van der Waals surface area contributed by atoms with E-state index < -0.39 is 11.8 Å². The molecule has 3 N–H and O–H groups in total. The molecule has 6 heteroatoms. The minimum Gasteiger partial charge on any atom is -0.354 e. The monoisotopic (exact) mass is 251 g/mol. The third-order valence-corrected chi connectivity index (χ3v) is 2.72. The number of halogens is 1. The third kappa shape index (κ3) is 3.19. The largest absolute Gasteiger partial charge is 0.354 e. The lowest BCUT2D eigenvalue weighted by Crippen LogP contribution is -2.48. The first kappa shape index (κ1) is 12.3. The second-order valence-corrected chi connectivity index (χ2v) is 4.12. The van der Waals surface area contributed by atoms with Crippen molar-refractivity contribution in [2.24, 2.45) is 0 Å². The van der Waals surface area contributed by atoms with Crippen LogP contribution in [-0.2, 0) is 4.79 Å². The average Bonchev–Trinajstić information content (AvgIpc) is 2.35. The highest BCUT2D eigenvalue weighted by molar-refractivity contribution is 5.89. The molecule has 1 aliphatic rings. The number of urea groups is 1. The lowest BCUT2D eigenvalue weighted by Gasteiger charge is -2.23. The third-order valence-electron chi connectivity index (χ3n) is 2.72. The van der Waals surface area contributed by atoms with Crippen LogP contribution in [-0.4, -0.2) is 24.5 Å². The number of benzene rings is 1. The van der Waals surface area contributed by atoms with Gasteiger partial charge in [-0.25, -0.2) is 9.18 Å². The molecular formula is C12H14FN3O2. The van der Waals surface area contributed by atoms with Gasteiger partial charge >= 0.3 is 6.03 Å². The predicted octanol–water partition coefficient (Wildman–Crippen LogP) is 1.23. The van der Waals surface area contributed by atoms with Gasteiger partial charge in [-0.05, 0) is 18.6 Å². The smallest absolute Gasteiger partial charge is 0.319 e. The zero-order chi connectivity index (χ0) is 13.0. The lowest BCUT2D eigenvalue weighted by atomic mass is 10.1. The van der Waals surface area contributed by atoms with Crippen molar-refractivity contribution in [3.05, 3.63) is 30.1 Å². The number of piperidine rings is 1. The molecule has 1 saturated heterocycles. The van der Waals surface area contributed by atoms with Crippen molar-refractivity contribution in [1.29, 1.82) is 0 Å². The van der Waals surface area contributed by atoms with Crippen LogP contribution < -0.4 is 16.0 Å². The molecular weight excluding hydrogens is 237 g/mol. The summed E-state index contributed by atoms with van der Waals surface area (Å²) >= 11 is 0. The highest BCUT2D eigenvalue weighted by Gasteiger charge is 2.19. The summed E-state index contributed by atoms with van der Waals surface area (Å²) in [6.07, 6.45) is 0.987. The van der Waals surface area contributed by atoms with Crippen molar-refractivity contribution in [3.63, 3.8) is 0 Å². The van der Waals surface area contributed by atoms with E-state index in [1.54, 1.807) is 12.1 Å². The van der Waals surface area contributed by atoms with E-state index in [9.17, 15) is 14.0 Å². The van der Waals surface area contributed by atoms with Crippen LogP contribution in [0.4, 0.5) is 14.9 Å². The van der Waals surface area contributed by atoms with Gasteiger partial charge in [0.2, 0.25) is 5.91 Å². The van der Waals surface area contributed by atoms with E-state index in [1.807, 2.05) is 0 Å². The maximum atomic E-state index is 13.3. The van der Waals surface area contributed by atoms with E-state index in [0.717, 1.165) is 0 Å². The minimum atomic E-state index is -0.482. The van der Waals surface area contributed by atoms with Gasteiger partial charge in [-0.2, -0.15) is 0 Å². The van der Waals surface area contributed by atoms with Crippen molar-refractivity contribution in [2.75, 3.05) is 11.9 Å². The van der Waals surface area contributed by atoms with Crippen molar-refractivity contribution in [1.82, 2.24) is 10.6 Å². The fourth-order valence-corrected chi connectivity index (χ4v) is 1.76. The van der Waals surface area contributed by atoms with E-state index in [2.05, 4.69) is 16.0 Å². The number of para-hydroxylation sites is 1. The molecule has 1 fully saturated rings. The molecule has 1 unspecified atom stereocenters. The normalized spacial score (nSPS) is 18.9. The molecule has 0 aromatic heterocycles. The molecule has 0 bridgehead atoms. The summed E-state index contributed by atoms with van der Waals surface area (Å²) in [5, 5.41) is 7.77. The van der Waals surface area contributed by atoms with E-state index in [1.165, 1.54) is 12.1 Å². The molecule has 3 amide bonds. The number of hydrogen-bond donors (Lipinski definition) is 3. The van der Waals surface area contributed by atoms with Crippen LogP contribution >= 0.6 is 0 Å². The average molecular weight is 251 g/mol. The molecule has 5 nitrogen and oxygen atoms in total. The fourth-order valence-electron chi connectivity index (χ4n) is 1.76. The summed E-state index contributed by atoms with van der Waals surface area (Å²) in [6.45, 7) is 0.406. The van der Waals surface area contributed by atoms with Gasteiger partial charge in [-0.15, -0.1) is 0 Å². The second kappa shape index (κ2) is 5.48. The predicted molar refractivity (Wildman–Crippen MR) is 64.6 cm³/mol. The number of carbonyl (C=O) groups is 2. The van der Waals surface area contributed by atoms with E-state index in [-0.39, 0.29) is 17.6 Å². The molecule has 2 rings (SSSR count). The number of carbonyl (C=O) groups excluding carboxylic acids is 2. The summed E-state index contributed by atoms with van der Waals surface area (Å²) in [5.74, 6) is -0.493. The molecule has 0 aliphatic carbocycles. The summed E-state index contributed by atoms with van der Waals surface area (Å²) < 4.78 is 13.3. The maximum absolute atomic E-state index is 13.3. The number of nitrogens with one attached hydrogen (secondary N) is 3. The van der Waals surface area contributed by atoms with Crippen molar-refractivity contribution in [2.45, 2.75) is 18.9 Å². The summed E-state index contributed by atoms with van der Waals surface area (Å²) in [6, 6.07) is 5.36.